The lowest BCUT2D eigenvalue weighted by atomic mass is 9.84. The normalized spacial score (nSPS) is 27.9. The molecule has 2 heteroatoms. The van der Waals surface area contributed by atoms with Gasteiger partial charge in [0, 0.05) is 22.0 Å². The summed E-state index contributed by atoms with van der Waals surface area (Å²) in [6.45, 7) is 6.49. The van der Waals surface area contributed by atoms with Gasteiger partial charge in [0.05, 0.1) is 0 Å². The molecule has 3 rings (SSSR count). The van der Waals surface area contributed by atoms with E-state index < -0.39 is 0 Å². The third-order valence-corrected chi connectivity index (χ3v) is 6.74. The number of hydrogen-bond donors (Lipinski definition) is 0. The highest BCUT2D eigenvalue weighted by atomic mass is 32.2. The lowest BCUT2D eigenvalue weighted by molar-refractivity contribution is 0.0905. The van der Waals surface area contributed by atoms with Crippen molar-refractivity contribution in [3.8, 4) is 0 Å². The summed E-state index contributed by atoms with van der Waals surface area (Å²) in [5, 5.41) is 1.50. The fourth-order valence-corrected chi connectivity index (χ4v) is 5.87. The second-order valence-electron chi connectivity index (χ2n) is 6.66. The Morgan fingerprint density at radius 1 is 1.10 bits per heavy atom. The third-order valence-electron chi connectivity index (χ3n) is 5.12. The van der Waals surface area contributed by atoms with Crippen LogP contribution in [0.1, 0.15) is 66.6 Å². The van der Waals surface area contributed by atoms with Gasteiger partial charge >= 0.3 is 0 Å². The molecule has 2 aliphatic heterocycles. The molecule has 0 spiro atoms. The number of hydrogen-bond acceptors (Lipinski definition) is 2. The van der Waals surface area contributed by atoms with E-state index in [1.165, 1.54) is 29.5 Å². The van der Waals surface area contributed by atoms with Crippen molar-refractivity contribution in [3.63, 3.8) is 0 Å². The van der Waals surface area contributed by atoms with Gasteiger partial charge in [-0.1, -0.05) is 31.5 Å². The molecule has 0 amide bonds. The number of benzene rings is 1. The standard InChI is InChI=1S/C19H26OS/c1-4-13-8-12(3)9-14(5-2)18(13)19(20)15-10-16-6-7-17(11-15)21-16/h8-9,15-17H,4-7,10-11H2,1-3H3. The van der Waals surface area contributed by atoms with Crippen LogP contribution in [-0.2, 0) is 12.8 Å². The minimum atomic E-state index is 0.280. The minimum Gasteiger partial charge on any atom is -0.294 e. The van der Waals surface area contributed by atoms with E-state index in [-0.39, 0.29) is 5.92 Å². The van der Waals surface area contributed by atoms with E-state index in [0.29, 0.717) is 5.78 Å². The van der Waals surface area contributed by atoms with Gasteiger partial charge in [-0.05, 0) is 56.6 Å². The predicted octanol–water partition coefficient (Wildman–Crippen LogP) is 4.98. The number of carbonyl (C=O) groups is 1. The van der Waals surface area contributed by atoms with Crippen LogP contribution in [0.15, 0.2) is 12.1 Å². The first-order valence-corrected chi connectivity index (χ1v) is 9.38. The van der Waals surface area contributed by atoms with Crippen molar-refractivity contribution in [1.82, 2.24) is 0 Å². The van der Waals surface area contributed by atoms with Crippen molar-refractivity contribution in [2.24, 2.45) is 5.92 Å². The molecule has 0 saturated carbocycles. The maximum atomic E-state index is 13.2. The number of rotatable bonds is 4. The average Bonchev–Trinajstić information content (AvgIpc) is 2.83. The molecule has 2 fully saturated rings. The third kappa shape index (κ3) is 2.92. The van der Waals surface area contributed by atoms with E-state index in [0.717, 1.165) is 41.7 Å². The number of thioether (sulfide) groups is 1. The molecular formula is C19H26OS. The summed E-state index contributed by atoms with van der Waals surface area (Å²) in [6, 6.07) is 4.44. The summed E-state index contributed by atoms with van der Waals surface area (Å²) in [4.78, 5) is 13.2. The summed E-state index contributed by atoms with van der Waals surface area (Å²) in [7, 11) is 0. The Kier molecular flexibility index (Phi) is 4.44. The van der Waals surface area contributed by atoms with Gasteiger partial charge in [0.15, 0.2) is 5.78 Å². The van der Waals surface area contributed by atoms with Crippen LogP contribution in [-0.4, -0.2) is 16.3 Å². The number of aryl methyl sites for hydroxylation is 3. The molecule has 2 unspecified atom stereocenters. The van der Waals surface area contributed by atoms with Crippen molar-refractivity contribution >= 4 is 17.5 Å². The van der Waals surface area contributed by atoms with Crippen molar-refractivity contribution in [2.45, 2.75) is 69.8 Å². The van der Waals surface area contributed by atoms with Gasteiger partial charge in [0.25, 0.3) is 0 Å². The number of carbonyl (C=O) groups excluding carboxylic acids is 1. The van der Waals surface area contributed by atoms with Gasteiger partial charge in [-0.3, -0.25) is 4.79 Å². The molecule has 0 aromatic heterocycles. The lowest BCUT2D eigenvalue weighted by Crippen LogP contribution is -2.26. The van der Waals surface area contributed by atoms with Gasteiger partial charge in [-0.15, -0.1) is 0 Å². The summed E-state index contributed by atoms with van der Waals surface area (Å²) < 4.78 is 0. The molecule has 2 saturated heterocycles. The molecule has 1 aromatic rings. The smallest absolute Gasteiger partial charge is 0.166 e. The van der Waals surface area contributed by atoms with Crippen LogP contribution in [0.2, 0.25) is 0 Å². The molecule has 1 aromatic carbocycles. The fourth-order valence-electron chi connectivity index (χ4n) is 4.09. The van der Waals surface area contributed by atoms with Crippen molar-refractivity contribution in [1.29, 1.82) is 0 Å². The Bertz CT molecular complexity index is 511. The molecule has 2 bridgehead atoms. The van der Waals surface area contributed by atoms with Crippen molar-refractivity contribution in [3.05, 3.63) is 34.4 Å². The zero-order valence-corrected chi connectivity index (χ0v) is 14.3. The van der Waals surface area contributed by atoms with E-state index in [2.05, 4.69) is 44.7 Å². The van der Waals surface area contributed by atoms with Crippen LogP contribution >= 0.6 is 11.8 Å². The van der Waals surface area contributed by atoms with Gasteiger partial charge in [0.1, 0.15) is 0 Å². The second kappa shape index (κ2) is 6.16. The van der Waals surface area contributed by atoms with Crippen LogP contribution in [0, 0.1) is 12.8 Å². The zero-order chi connectivity index (χ0) is 15.0. The monoisotopic (exact) mass is 302 g/mol. The molecule has 0 radical (unpaired) electrons. The van der Waals surface area contributed by atoms with E-state index in [1.807, 2.05) is 0 Å². The van der Waals surface area contributed by atoms with Gasteiger partial charge < -0.3 is 0 Å². The van der Waals surface area contributed by atoms with Gasteiger partial charge in [-0.2, -0.15) is 11.8 Å². The van der Waals surface area contributed by atoms with Crippen LogP contribution in [0.3, 0.4) is 0 Å². The molecule has 2 atom stereocenters. The summed E-state index contributed by atoms with van der Waals surface area (Å²) >= 11 is 2.14. The van der Waals surface area contributed by atoms with E-state index in [4.69, 9.17) is 0 Å². The summed E-state index contributed by atoms with van der Waals surface area (Å²) in [5.41, 5.74) is 4.89. The van der Waals surface area contributed by atoms with E-state index in [1.54, 1.807) is 0 Å². The Morgan fingerprint density at radius 3 is 2.10 bits per heavy atom. The maximum Gasteiger partial charge on any atom is 0.166 e. The minimum absolute atomic E-state index is 0.280. The number of ketones is 1. The Balaban J connectivity index is 1.93. The predicted molar refractivity (Wildman–Crippen MR) is 91.4 cm³/mol. The van der Waals surface area contributed by atoms with Gasteiger partial charge in [0.2, 0.25) is 0 Å². The van der Waals surface area contributed by atoms with Gasteiger partial charge in [-0.25, -0.2) is 0 Å². The molecule has 2 heterocycles. The first kappa shape index (κ1) is 15.1. The first-order valence-electron chi connectivity index (χ1n) is 8.44. The highest BCUT2D eigenvalue weighted by Crippen LogP contribution is 2.47. The molecule has 1 nitrogen and oxygen atoms in total. The topological polar surface area (TPSA) is 17.1 Å². The Labute approximate surface area is 132 Å². The SMILES string of the molecule is CCc1cc(C)cc(CC)c1C(=O)C1CC2CCC(C1)S2. The molecule has 21 heavy (non-hydrogen) atoms. The molecule has 2 aliphatic rings. The highest BCUT2D eigenvalue weighted by molar-refractivity contribution is 8.00. The van der Waals surface area contributed by atoms with Crippen LogP contribution in [0.5, 0.6) is 0 Å². The zero-order valence-electron chi connectivity index (χ0n) is 13.4. The van der Waals surface area contributed by atoms with Crippen LogP contribution in [0.25, 0.3) is 0 Å². The largest absolute Gasteiger partial charge is 0.294 e. The Hall–Kier alpha value is -0.760. The first-order chi connectivity index (χ1) is 10.1. The van der Waals surface area contributed by atoms with E-state index in [9.17, 15) is 4.79 Å². The van der Waals surface area contributed by atoms with E-state index >= 15 is 0 Å². The van der Waals surface area contributed by atoms with Crippen molar-refractivity contribution < 1.29 is 4.79 Å². The fraction of sp³-hybridized carbons (Fsp3) is 0.632. The summed E-state index contributed by atoms with van der Waals surface area (Å²) in [5.74, 6) is 0.725. The molecule has 0 aliphatic carbocycles. The number of fused-ring (bicyclic) bond motifs is 2. The second-order valence-corrected chi connectivity index (χ2v) is 8.26. The maximum absolute atomic E-state index is 13.2. The average molecular weight is 302 g/mol. The highest BCUT2D eigenvalue weighted by Gasteiger charge is 2.38. The van der Waals surface area contributed by atoms with Crippen LogP contribution in [0.4, 0.5) is 0 Å². The quantitative estimate of drug-likeness (QED) is 0.730. The molecule has 114 valence electrons. The number of Topliss-reactive ketones (excluding diaryl/α,β-unsaturated/α-hetero) is 1. The van der Waals surface area contributed by atoms with Crippen molar-refractivity contribution in [2.75, 3.05) is 0 Å². The summed E-state index contributed by atoms with van der Waals surface area (Å²) in [6.07, 6.45) is 6.80. The Morgan fingerprint density at radius 2 is 1.62 bits per heavy atom. The molecule has 0 N–H and O–H groups in total. The molecular weight excluding hydrogens is 276 g/mol. The lowest BCUT2D eigenvalue weighted by Gasteiger charge is -2.27. The van der Waals surface area contributed by atoms with Crippen LogP contribution < -0.4 is 0 Å².